The second-order valence-corrected chi connectivity index (χ2v) is 6.04. The summed E-state index contributed by atoms with van der Waals surface area (Å²) in [6.07, 6.45) is 1.43. The Kier molecular flexibility index (Phi) is 6.46. The summed E-state index contributed by atoms with van der Waals surface area (Å²) in [5.74, 6) is 2.27. The Hall–Kier alpha value is -1.47. The normalized spacial score (nSPS) is 10.4. The number of aromatic amines is 1. The van der Waals surface area contributed by atoms with Gasteiger partial charge in [0.1, 0.15) is 6.33 Å². The van der Waals surface area contributed by atoms with Crippen molar-refractivity contribution in [1.82, 2.24) is 20.5 Å². The van der Waals surface area contributed by atoms with Gasteiger partial charge in [0.2, 0.25) is 5.91 Å². The molecule has 0 fully saturated rings. The summed E-state index contributed by atoms with van der Waals surface area (Å²) in [5, 5.41) is 9.98. The Bertz CT molecular complexity index is 504. The summed E-state index contributed by atoms with van der Waals surface area (Å²) in [5.41, 5.74) is 1.31. The van der Waals surface area contributed by atoms with Crippen LogP contribution < -0.4 is 5.32 Å². The highest BCUT2D eigenvalue weighted by Gasteiger charge is 2.03. The molecule has 1 amide bonds. The van der Waals surface area contributed by atoms with E-state index in [0.717, 1.165) is 11.5 Å². The lowest BCUT2D eigenvalue weighted by Gasteiger charge is -2.04. The minimum Gasteiger partial charge on any atom is -0.355 e. The third-order valence-electron chi connectivity index (χ3n) is 2.41. The summed E-state index contributed by atoms with van der Waals surface area (Å²) in [6, 6.07) is 10.3. The molecule has 0 aliphatic carbocycles. The van der Waals surface area contributed by atoms with Gasteiger partial charge in [-0.05, 0) is 5.56 Å². The van der Waals surface area contributed by atoms with Crippen molar-refractivity contribution in [3.8, 4) is 0 Å². The van der Waals surface area contributed by atoms with Gasteiger partial charge in [-0.2, -0.15) is 16.9 Å². The van der Waals surface area contributed by atoms with E-state index in [1.54, 1.807) is 0 Å². The van der Waals surface area contributed by atoms with Crippen molar-refractivity contribution in [2.75, 3.05) is 18.1 Å². The van der Waals surface area contributed by atoms with Crippen LogP contribution in [-0.4, -0.2) is 39.1 Å². The Morgan fingerprint density at radius 1 is 1.30 bits per heavy atom. The van der Waals surface area contributed by atoms with Gasteiger partial charge in [0, 0.05) is 18.1 Å². The molecule has 0 saturated carbocycles. The molecule has 7 heteroatoms. The number of carbonyl (C=O) groups is 1. The van der Waals surface area contributed by atoms with E-state index in [1.807, 2.05) is 30.0 Å². The number of rotatable bonds is 8. The second kappa shape index (κ2) is 8.65. The van der Waals surface area contributed by atoms with Crippen LogP contribution in [-0.2, 0) is 10.5 Å². The molecule has 5 nitrogen and oxygen atoms in total. The third-order valence-corrected chi connectivity index (χ3v) is 4.32. The predicted molar refractivity (Wildman–Crippen MR) is 82.7 cm³/mol. The van der Waals surface area contributed by atoms with Crippen LogP contribution in [0.3, 0.4) is 0 Å². The molecule has 0 spiro atoms. The molecule has 0 bridgehead atoms. The molecule has 2 N–H and O–H groups in total. The molecular weight excluding hydrogens is 292 g/mol. The molecule has 0 atom stereocenters. The molecule has 2 aromatic rings. The Labute approximate surface area is 126 Å². The van der Waals surface area contributed by atoms with E-state index in [0.29, 0.717) is 17.5 Å². The minimum atomic E-state index is 0.0201. The SMILES string of the molecule is O=C(CSc1ncn[nH]1)NCCSCc1ccccc1. The predicted octanol–water partition coefficient (Wildman–Crippen LogP) is 1.95. The van der Waals surface area contributed by atoms with Crippen molar-refractivity contribution in [2.45, 2.75) is 10.9 Å². The lowest BCUT2D eigenvalue weighted by Crippen LogP contribution is -2.27. The highest BCUT2D eigenvalue weighted by Crippen LogP contribution is 2.11. The molecule has 1 aromatic carbocycles. The number of hydrogen-bond acceptors (Lipinski definition) is 5. The van der Waals surface area contributed by atoms with E-state index in [1.165, 1.54) is 23.7 Å². The van der Waals surface area contributed by atoms with Crippen LogP contribution in [0.1, 0.15) is 5.56 Å². The average molecular weight is 308 g/mol. The summed E-state index contributed by atoms with van der Waals surface area (Å²) in [7, 11) is 0. The van der Waals surface area contributed by atoms with Gasteiger partial charge in [-0.3, -0.25) is 9.89 Å². The van der Waals surface area contributed by atoms with Crippen molar-refractivity contribution in [3.63, 3.8) is 0 Å². The molecule has 0 aliphatic rings. The first-order valence-electron chi connectivity index (χ1n) is 6.21. The second-order valence-electron chi connectivity index (χ2n) is 3.97. The average Bonchev–Trinajstić information content (AvgIpc) is 2.99. The molecule has 0 radical (unpaired) electrons. The fourth-order valence-electron chi connectivity index (χ4n) is 1.48. The smallest absolute Gasteiger partial charge is 0.230 e. The molecule has 0 unspecified atom stereocenters. The van der Waals surface area contributed by atoms with Gasteiger partial charge in [-0.25, -0.2) is 4.98 Å². The molecule has 20 heavy (non-hydrogen) atoms. The number of thioether (sulfide) groups is 2. The molecule has 2 rings (SSSR count). The van der Waals surface area contributed by atoms with Crippen molar-refractivity contribution in [2.24, 2.45) is 0 Å². The van der Waals surface area contributed by atoms with Crippen LogP contribution in [0.15, 0.2) is 41.8 Å². The van der Waals surface area contributed by atoms with E-state index in [9.17, 15) is 4.79 Å². The highest BCUT2D eigenvalue weighted by molar-refractivity contribution is 7.99. The number of nitrogens with one attached hydrogen (secondary N) is 2. The first-order valence-corrected chi connectivity index (χ1v) is 8.35. The van der Waals surface area contributed by atoms with Crippen LogP contribution in [0.5, 0.6) is 0 Å². The lowest BCUT2D eigenvalue weighted by molar-refractivity contribution is -0.118. The van der Waals surface area contributed by atoms with Crippen LogP contribution in [0.4, 0.5) is 0 Å². The van der Waals surface area contributed by atoms with E-state index >= 15 is 0 Å². The number of amides is 1. The van der Waals surface area contributed by atoms with Crippen molar-refractivity contribution < 1.29 is 4.79 Å². The Morgan fingerprint density at radius 3 is 2.90 bits per heavy atom. The van der Waals surface area contributed by atoms with E-state index in [-0.39, 0.29) is 5.91 Å². The van der Waals surface area contributed by atoms with Crippen molar-refractivity contribution >= 4 is 29.4 Å². The van der Waals surface area contributed by atoms with E-state index < -0.39 is 0 Å². The maximum atomic E-state index is 11.6. The number of carbonyl (C=O) groups excluding carboxylic acids is 1. The Balaban J connectivity index is 1.51. The maximum absolute atomic E-state index is 11.6. The number of hydrogen-bond donors (Lipinski definition) is 2. The van der Waals surface area contributed by atoms with E-state index in [2.05, 4.69) is 32.6 Å². The zero-order valence-corrected chi connectivity index (χ0v) is 12.5. The molecule has 106 valence electrons. The van der Waals surface area contributed by atoms with Gasteiger partial charge >= 0.3 is 0 Å². The number of H-pyrrole nitrogens is 1. The summed E-state index contributed by atoms with van der Waals surface area (Å²) in [6.45, 7) is 0.688. The molecule has 0 saturated heterocycles. The third kappa shape index (κ3) is 5.66. The number of benzene rings is 1. The minimum absolute atomic E-state index is 0.0201. The zero-order valence-electron chi connectivity index (χ0n) is 10.9. The zero-order chi connectivity index (χ0) is 14.0. The first-order chi connectivity index (χ1) is 9.84. The topological polar surface area (TPSA) is 70.7 Å². The fourth-order valence-corrected chi connectivity index (χ4v) is 2.90. The maximum Gasteiger partial charge on any atom is 0.230 e. The highest BCUT2D eigenvalue weighted by atomic mass is 32.2. The van der Waals surface area contributed by atoms with E-state index in [4.69, 9.17) is 0 Å². The summed E-state index contributed by atoms with van der Waals surface area (Å²) >= 11 is 3.16. The van der Waals surface area contributed by atoms with Gasteiger partial charge in [0.05, 0.1) is 5.75 Å². The van der Waals surface area contributed by atoms with Gasteiger partial charge in [-0.1, -0.05) is 42.1 Å². The lowest BCUT2D eigenvalue weighted by atomic mass is 10.2. The number of aromatic nitrogens is 3. The molecular formula is C13H16N4OS2. The largest absolute Gasteiger partial charge is 0.355 e. The monoisotopic (exact) mass is 308 g/mol. The van der Waals surface area contributed by atoms with Crippen LogP contribution >= 0.6 is 23.5 Å². The summed E-state index contributed by atoms with van der Waals surface area (Å²) < 4.78 is 0. The van der Waals surface area contributed by atoms with Crippen LogP contribution in [0.25, 0.3) is 0 Å². The quantitative estimate of drug-likeness (QED) is 0.576. The first kappa shape index (κ1) is 14.9. The molecule has 1 aromatic heterocycles. The van der Waals surface area contributed by atoms with Gasteiger partial charge in [0.15, 0.2) is 5.16 Å². The van der Waals surface area contributed by atoms with Gasteiger partial charge in [0.25, 0.3) is 0 Å². The molecule has 0 aliphatic heterocycles. The Morgan fingerprint density at radius 2 is 2.15 bits per heavy atom. The number of nitrogens with zero attached hydrogens (tertiary/aromatic N) is 2. The fraction of sp³-hybridized carbons (Fsp3) is 0.308. The van der Waals surface area contributed by atoms with Gasteiger partial charge < -0.3 is 5.32 Å². The van der Waals surface area contributed by atoms with Crippen molar-refractivity contribution in [1.29, 1.82) is 0 Å². The van der Waals surface area contributed by atoms with Crippen LogP contribution in [0.2, 0.25) is 0 Å². The standard InChI is InChI=1S/C13H16N4OS2/c18-12(9-20-13-15-10-16-17-13)14-6-7-19-8-11-4-2-1-3-5-11/h1-5,10H,6-9H2,(H,14,18)(H,15,16,17). The van der Waals surface area contributed by atoms with Crippen LogP contribution in [0, 0.1) is 0 Å². The van der Waals surface area contributed by atoms with Crippen molar-refractivity contribution in [3.05, 3.63) is 42.2 Å². The van der Waals surface area contributed by atoms with Gasteiger partial charge in [-0.15, -0.1) is 0 Å². The summed E-state index contributed by atoms with van der Waals surface area (Å²) in [4.78, 5) is 15.5. The molecule has 1 heterocycles.